The van der Waals surface area contributed by atoms with Gasteiger partial charge < -0.3 is 10.2 Å². The fourth-order valence-electron chi connectivity index (χ4n) is 1.62. The molecule has 0 radical (unpaired) electrons. The number of likely N-dealkylation sites (N-methyl/N-ethyl adjacent to an activating group) is 1. The van der Waals surface area contributed by atoms with E-state index in [1.807, 2.05) is 7.05 Å². The average Bonchev–Trinajstić information content (AvgIpc) is 2.06. The summed E-state index contributed by atoms with van der Waals surface area (Å²) >= 11 is 0. The number of hydrogen-bond donors (Lipinski definition) is 1. The summed E-state index contributed by atoms with van der Waals surface area (Å²) in [6, 6.07) is 0.646. The lowest BCUT2D eigenvalue weighted by Crippen LogP contribution is -2.40. The highest BCUT2D eigenvalue weighted by Gasteiger charge is 2.11. The quantitative estimate of drug-likeness (QED) is 0.658. The molecule has 2 nitrogen and oxygen atoms in total. The number of rotatable bonds is 3. The van der Waals surface area contributed by atoms with Gasteiger partial charge in [-0.3, -0.25) is 0 Å². The molecule has 0 aromatic carbocycles. The molecule has 1 aliphatic heterocycles. The monoisotopic (exact) mass is 156 g/mol. The molecule has 2 heteroatoms. The second-order valence-corrected chi connectivity index (χ2v) is 3.55. The van der Waals surface area contributed by atoms with Crippen molar-refractivity contribution in [2.45, 2.75) is 32.2 Å². The molecule has 0 unspecified atom stereocenters. The van der Waals surface area contributed by atoms with Crippen LogP contribution >= 0.6 is 0 Å². The van der Waals surface area contributed by atoms with Crippen molar-refractivity contribution in [3.05, 3.63) is 0 Å². The molecule has 1 heterocycles. The summed E-state index contributed by atoms with van der Waals surface area (Å²) in [5.41, 5.74) is 0. The van der Waals surface area contributed by atoms with Gasteiger partial charge in [-0.05, 0) is 39.9 Å². The third kappa shape index (κ3) is 3.21. The van der Waals surface area contributed by atoms with Crippen molar-refractivity contribution >= 4 is 0 Å². The van der Waals surface area contributed by atoms with Crippen LogP contribution < -0.4 is 5.32 Å². The van der Waals surface area contributed by atoms with E-state index in [-0.39, 0.29) is 0 Å². The largest absolute Gasteiger partial charge is 0.316 e. The van der Waals surface area contributed by atoms with Crippen molar-refractivity contribution in [1.29, 1.82) is 0 Å². The SMILES string of the molecule is CN[C@H](C)CN1CCCCC1. The van der Waals surface area contributed by atoms with E-state index in [9.17, 15) is 0 Å². The zero-order valence-electron chi connectivity index (χ0n) is 7.77. The van der Waals surface area contributed by atoms with Crippen LogP contribution in [0.5, 0.6) is 0 Å². The Morgan fingerprint density at radius 1 is 1.27 bits per heavy atom. The Morgan fingerprint density at radius 2 is 1.91 bits per heavy atom. The topological polar surface area (TPSA) is 15.3 Å². The number of piperidine rings is 1. The van der Waals surface area contributed by atoms with Crippen LogP contribution in [0, 0.1) is 0 Å². The zero-order chi connectivity index (χ0) is 8.10. The predicted molar refractivity (Wildman–Crippen MR) is 48.8 cm³/mol. The normalized spacial score (nSPS) is 23.5. The minimum Gasteiger partial charge on any atom is -0.316 e. The lowest BCUT2D eigenvalue weighted by atomic mass is 10.1. The first-order valence-corrected chi connectivity index (χ1v) is 4.72. The molecule has 11 heavy (non-hydrogen) atoms. The van der Waals surface area contributed by atoms with E-state index in [1.165, 1.54) is 38.9 Å². The molecular formula is C9H20N2. The third-order valence-corrected chi connectivity index (χ3v) is 2.47. The van der Waals surface area contributed by atoms with Crippen molar-refractivity contribution in [3.8, 4) is 0 Å². The van der Waals surface area contributed by atoms with Gasteiger partial charge >= 0.3 is 0 Å². The Bertz CT molecular complexity index is 97.7. The van der Waals surface area contributed by atoms with Crippen LogP contribution in [0.15, 0.2) is 0 Å². The number of nitrogens with one attached hydrogen (secondary N) is 1. The van der Waals surface area contributed by atoms with Crippen molar-refractivity contribution < 1.29 is 0 Å². The zero-order valence-corrected chi connectivity index (χ0v) is 7.77. The molecule has 0 bridgehead atoms. The van der Waals surface area contributed by atoms with Gasteiger partial charge in [0, 0.05) is 12.6 Å². The smallest absolute Gasteiger partial charge is 0.0163 e. The molecule has 0 saturated carbocycles. The van der Waals surface area contributed by atoms with Gasteiger partial charge in [-0.1, -0.05) is 6.42 Å². The Labute approximate surface area is 70.0 Å². The van der Waals surface area contributed by atoms with Crippen molar-refractivity contribution in [2.75, 3.05) is 26.7 Å². The molecule has 0 spiro atoms. The molecule has 1 N–H and O–H groups in total. The molecule has 1 saturated heterocycles. The van der Waals surface area contributed by atoms with Gasteiger partial charge in [0.25, 0.3) is 0 Å². The van der Waals surface area contributed by atoms with E-state index in [0.717, 1.165) is 0 Å². The maximum Gasteiger partial charge on any atom is 0.0163 e. The summed E-state index contributed by atoms with van der Waals surface area (Å²) in [5.74, 6) is 0. The maximum absolute atomic E-state index is 3.27. The first kappa shape index (κ1) is 9.01. The molecule has 1 fully saturated rings. The first-order valence-electron chi connectivity index (χ1n) is 4.72. The van der Waals surface area contributed by atoms with E-state index < -0.39 is 0 Å². The molecule has 1 atom stereocenters. The van der Waals surface area contributed by atoms with Gasteiger partial charge in [0.1, 0.15) is 0 Å². The highest BCUT2D eigenvalue weighted by molar-refractivity contribution is 4.69. The minimum atomic E-state index is 0.646. The molecule has 0 aromatic heterocycles. The van der Waals surface area contributed by atoms with Gasteiger partial charge in [0.2, 0.25) is 0 Å². The number of likely N-dealkylation sites (tertiary alicyclic amines) is 1. The highest BCUT2D eigenvalue weighted by atomic mass is 15.1. The van der Waals surface area contributed by atoms with Gasteiger partial charge in [-0.25, -0.2) is 0 Å². The Kier molecular flexibility index (Phi) is 3.87. The standard InChI is InChI=1S/C9H20N2/c1-9(10-2)8-11-6-4-3-5-7-11/h9-10H,3-8H2,1-2H3/t9-/m1/s1. The fraction of sp³-hybridized carbons (Fsp3) is 1.00. The second kappa shape index (κ2) is 4.73. The second-order valence-electron chi connectivity index (χ2n) is 3.55. The van der Waals surface area contributed by atoms with Gasteiger partial charge in [-0.15, -0.1) is 0 Å². The van der Waals surface area contributed by atoms with Crippen molar-refractivity contribution in [1.82, 2.24) is 10.2 Å². The molecule has 1 rings (SSSR count). The average molecular weight is 156 g/mol. The number of hydrogen-bond acceptors (Lipinski definition) is 2. The van der Waals surface area contributed by atoms with E-state index in [4.69, 9.17) is 0 Å². The van der Waals surface area contributed by atoms with Crippen molar-refractivity contribution in [2.24, 2.45) is 0 Å². The third-order valence-electron chi connectivity index (χ3n) is 2.47. The summed E-state index contributed by atoms with van der Waals surface area (Å²) in [6.07, 6.45) is 4.23. The van der Waals surface area contributed by atoms with Crippen LogP contribution in [0.2, 0.25) is 0 Å². The van der Waals surface area contributed by atoms with Gasteiger partial charge in [0.05, 0.1) is 0 Å². The molecule has 66 valence electrons. The maximum atomic E-state index is 3.27. The predicted octanol–water partition coefficient (Wildman–Crippen LogP) is 1.08. The highest BCUT2D eigenvalue weighted by Crippen LogP contribution is 2.08. The first-order chi connectivity index (χ1) is 5.33. The van der Waals surface area contributed by atoms with E-state index in [1.54, 1.807) is 0 Å². The van der Waals surface area contributed by atoms with Crippen LogP contribution in [0.1, 0.15) is 26.2 Å². The number of nitrogens with zero attached hydrogens (tertiary/aromatic N) is 1. The summed E-state index contributed by atoms with van der Waals surface area (Å²) in [6.45, 7) is 6.09. The van der Waals surface area contributed by atoms with Gasteiger partial charge in [0.15, 0.2) is 0 Å². The van der Waals surface area contributed by atoms with E-state index in [0.29, 0.717) is 6.04 Å². The summed E-state index contributed by atoms with van der Waals surface area (Å²) in [4.78, 5) is 2.56. The molecule has 0 aromatic rings. The van der Waals surface area contributed by atoms with Crippen LogP contribution in [-0.4, -0.2) is 37.6 Å². The molecule has 0 amide bonds. The van der Waals surface area contributed by atoms with E-state index >= 15 is 0 Å². The van der Waals surface area contributed by atoms with Crippen LogP contribution in [0.3, 0.4) is 0 Å². The summed E-state index contributed by atoms with van der Waals surface area (Å²) in [7, 11) is 2.04. The molecule has 0 aliphatic carbocycles. The Morgan fingerprint density at radius 3 is 2.45 bits per heavy atom. The minimum absolute atomic E-state index is 0.646. The van der Waals surface area contributed by atoms with Crippen LogP contribution in [0.4, 0.5) is 0 Å². The molecular weight excluding hydrogens is 136 g/mol. The van der Waals surface area contributed by atoms with Gasteiger partial charge in [-0.2, -0.15) is 0 Å². The lowest BCUT2D eigenvalue weighted by Gasteiger charge is -2.28. The fourth-order valence-corrected chi connectivity index (χ4v) is 1.62. The molecule has 1 aliphatic rings. The summed E-state index contributed by atoms with van der Waals surface area (Å²) < 4.78 is 0. The van der Waals surface area contributed by atoms with Crippen molar-refractivity contribution in [3.63, 3.8) is 0 Å². The lowest BCUT2D eigenvalue weighted by molar-refractivity contribution is 0.212. The van der Waals surface area contributed by atoms with E-state index in [2.05, 4.69) is 17.1 Å². The van der Waals surface area contributed by atoms with Crippen LogP contribution in [0.25, 0.3) is 0 Å². The Hall–Kier alpha value is -0.0800. The van der Waals surface area contributed by atoms with Crippen LogP contribution in [-0.2, 0) is 0 Å². The summed E-state index contributed by atoms with van der Waals surface area (Å²) in [5, 5.41) is 3.27. The Balaban J connectivity index is 2.13.